The largest absolute Gasteiger partial charge is 0.328 e. The molecular weight excluding hydrogens is 212 g/mol. The lowest BCUT2D eigenvalue weighted by Gasteiger charge is -2.14. The SMILES string of the molecule is CC(C)CC(N)CCc1ncnn1CC(C)C. The molecule has 0 spiro atoms. The number of rotatable bonds is 7. The predicted octanol–water partition coefficient (Wildman–Crippen LogP) is 2.24. The number of hydrogen-bond donors (Lipinski definition) is 1. The summed E-state index contributed by atoms with van der Waals surface area (Å²) in [5.74, 6) is 2.33. The second-order valence-electron chi connectivity index (χ2n) is 5.68. The van der Waals surface area contributed by atoms with Crippen LogP contribution in [0.5, 0.6) is 0 Å². The van der Waals surface area contributed by atoms with Crippen LogP contribution in [-0.4, -0.2) is 20.8 Å². The van der Waals surface area contributed by atoms with Gasteiger partial charge in [-0.2, -0.15) is 5.10 Å². The third-order valence-corrected chi connectivity index (χ3v) is 2.75. The molecule has 0 fully saturated rings. The minimum absolute atomic E-state index is 0.277. The molecule has 0 aliphatic heterocycles. The van der Waals surface area contributed by atoms with E-state index in [1.54, 1.807) is 6.33 Å². The summed E-state index contributed by atoms with van der Waals surface area (Å²) < 4.78 is 2.01. The molecule has 98 valence electrons. The molecular formula is C13H26N4. The molecule has 4 heteroatoms. The van der Waals surface area contributed by atoms with Gasteiger partial charge in [-0.05, 0) is 24.7 Å². The second kappa shape index (κ2) is 6.74. The summed E-state index contributed by atoms with van der Waals surface area (Å²) in [5.41, 5.74) is 6.09. The third kappa shape index (κ3) is 5.31. The molecule has 0 saturated heterocycles. The van der Waals surface area contributed by atoms with E-state index in [1.165, 1.54) is 0 Å². The topological polar surface area (TPSA) is 56.7 Å². The van der Waals surface area contributed by atoms with E-state index >= 15 is 0 Å². The van der Waals surface area contributed by atoms with Gasteiger partial charge in [-0.3, -0.25) is 0 Å². The highest BCUT2D eigenvalue weighted by Gasteiger charge is 2.10. The van der Waals surface area contributed by atoms with E-state index in [9.17, 15) is 0 Å². The number of aryl methyl sites for hydroxylation is 1. The van der Waals surface area contributed by atoms with Crippen LogP contribution in [0.1, 0.15) is 46.4 Å². The van der Waals surface area contributed by atoms with Gasteiger partial charge in [0, 0.05) is 19.0 Å². The van der Waals surface area contributed by atoms with Crippen LogP contribution in [0.25, 0.3) is 0 Å². The molecule has 1 aromatic rings. The molecule has 1 rings (SSSR count). The Balaban J connectivity index is 2.43. The van der Waals surface area contributed by atoms with Gasteiger partial charge in [0.15, 0.2) is 0 Å². The normalized spacial score (nSPS) is 13.6. The molecule has 4 nitrogen and oxygen atoms in total. The first-order chi connectivity index (χ1) is 7.99. The third-order valence-electron chi connectivity index (χ3n) is 2.75. The average Bonchev–Trinajstić information content (AvgIpc) is 2.60. The summed E-state index contributed by atoms with van der Waals surface area (Å²) in [6.45, 7) is 9.74. The van der Waals surface area contributed by atoms with Crippen molar-refractivity contribution < 1.29 is 0 Å². The van der Waals surface area contributed by atoms with Gasteiger partial charge >= 0.3 is 0 Å². The van der Waals surface area contributed by atoms with Gasteiger partial charge in [0.2, 0.25) is 0 Å². The van der Waals surface area contributed by atoms with Gasteiger partial charge in [-0.1, -0.05) is 27.7 Å². The fourth-order valence-corrected chi connectivity index (χ4v) is 2.02. The first-order valence-electron chi connectivity index (χ1n) is 6.61. The fraction of sp³-hybridized carbons (Fsp3) is 0.846. The molecule has 17 heavy (non-hydrogen) atoms. The Morgan fingerprint density at radius 3 is 2.53 bits per heavy atom. The molecule has 1 aromatic heterocycles. The highest BCUT2D eigenvalue weighted by atomic mass is 15.3. The van der Waals surface area contributed by atoms with Crippen LogP contribution in [0, 0.1) is 11.8 Å². The van der Waals surface area contributed by atoms with Crippen LogP contribution >= 0.6 is 0 Å². The second-order valence-corrected chi connectivity index (χ2v) is 5.68. The summed E-state index contributed by atoms with van der Waals surface area (Å²) in [5, 5.41) is 4.26. The summed E-state index contributed by atoms with van der Waals surface area (Å²) in [7, 11) is 0. The van der Waals surface area contributed by atoms with E-state index in [0.29, 0.717) is 11.8 Å². The Labute approximate surface area is 105 Å². The molecule has 0 saturated carbocycles. The molecule has 1 unspecified atom stereocenters. The van der Waals surface area contributed by atoms with Crippen LogP contribution in [0.3, 0.4) is 0 Å². The van der Waals surface area contributed by atoms with Crippen molar-refractivity contribution in [1.29, 1.82) is 0 Å². The van der Waals surface area contributed by atoms with Gasteiger partial charge in [0.1, 0.15) is 12.2 Å². The molecule has 0 amide bonds. The van der Waals surface area contributed by atoms with Crippen molar-refractivity contribution in [2.45, 2.75) is 59.5 Å². The summed E-state index contributed by atoms with van der Waals surface area (Å²) in [6, 6.07) is 0.277. The summed E-state index contributed by atoms with van der Waals surface area (Å²) in [6.07, 6.45) is 4.65. The van der Waals surface area contributed by atoms with Gasteiger partial charge in [0.05, 0.1) is 0 Å². The Bertz CT molecular complexity index is 317. The van der Waals surface area contributed by atoms with Gasteiger partial charge in [-0.15, -0.1) is 0 Å². The van der Waals surface area contributed by atoms with Crippen molar-refractivity contribution in [3.8, 4) is 0 Å². The molecule has 0 radical (unpaired) electrons. The number of aromatic nitrogens is 3. The van der Waals surface area contributed by atoms with E-state index in [2.05, 4.69) is 37.8 Å². The van der Waals surface area contributed by atoms with Crippen LogP contribution in [0.4, 0.5) is 0 Å². The van der Waals surface area contributed by atoms with Crippen LogP contribution in [-0.2, 0) is 13.0 Å². The lowest BCUT2D eigenvalue weighted by molar-refractivity contribution is 0.441. The van der Waals surface area contributed by atoms with E-state index < -0.39 is 0 Å². The van der Waals surface area contributed by atoms with E-state index in [1.807, 2.05) is 4.68 Å². The van der Waals surface area contributed by atoms with Gasteiger partial charge < -0.3 is 5.73 Å². The standard InChI is InChI=1S/C13H26N4/c1-10(2)7-12(14)5-6-13-15-9-16-17(13)8-11(3)4/h9-12H,5-8,14H2,1-4H3. The molecule has 1 heterocycles. The van der Waals surface area contributed by atoms with Crippen molar-refractivity contribution in [1.82, 2.24) is 14.8 Å². The Morgan fingerprint density at radius 2 is 1.94 bits per heavy atom. The van der Waals surface area contributed by atoms with Crippen LogP contribution in [0.15, 0.2) is 6.33 Å². The number of nitrogens with zero attached hydrogens (tertiary/aromatic N) is 3. The van der Waals surface area contributed by atoms with Gasteiger partial charge in [0.25, 0.3) is 0 Å². The first-order valence-corrected chi connectivity index (χ1v) is 6.61. The zero-order valence-electron chi connectivity index (χ0n) is 11.6. The van der Waals surface area contributed by atoms with Crippen molar-refractivity contribution in [2.24, 2.45) is 17.6 Å². The average molecular weight is 238 g/mol. The minimum Gasteiger partial charge on any atom is -0.328 e. The Hall–Kier alpha value is -0.900. The molecule has 0 aromatic carbocycles. The van der Waals surface area contributed by atoms with Crippen LogP contribution in [0.2, 0.25) is 0 Å². The first kappa shape index (κ1) is 14.2. The molecule has 0 bridgehead atoms. The van der Waals surface area contributed by atoms with E-state index in [4.69, 9.17) is 5.73 Å². The Kier molecular flexibility index (Phi) is 5.62. The van der Waals surface area contributed by atoms with Crippen molar-refractivity contribution in [3.05, 3.63) is 12.2 Å². The predicted molar refractivity (Wildman–Crippen MR) is 70.6 cm³/mol. The molecule has 1 atom stereocenters. The smallest absolute Gasteiger partial charge is 0.138 e. The number of nitrogens with two attached hydrogens (primary N) is 1. The lowest BCUT2D eigenvalue weighted by atomic mass is 10.0. The van der Waals surface area contributed by atoms with Crippen LogP contribution < -0.4 is 5.73 Å². The highest BCUT2D eigenvalue weighted by Crippen LogP contribution is 2.09. The lowest BCUT2D eigenvalue weighted by Crippen LogP contribution is -2.23. The highest BCUT2D eigenvalue weighted by molar-refractivity contribution is 4.86. The molecule has 0 aliphatic carbocycles. The summed E-state index contributed by atoms with van der Waals surface area (Å²) >= 11 is 0. The maximum atomic E-state index is 6.09. The van der Waals surface area contributed by atoms with Crippen molar-refractivity contribution in [3.63, 3.8) is 0 Å². The van der Waals surface area contributed by atoms with Crippen molar-refractivity contribution >= 4 is 0 Å². The molecule has 0 aliphatic rings. The summed E-state index contributed by atoms with van der Waals surface area (Å²) in [4.78, 5) is 4.32. The maximum Gasteiger partial charge on any atom is 0.138 e. The maximum absolute atomic E-state index is 6.09. The van der Waals surface area contributed by atoms with Gasteiger partial charge in [-0.25, -0.2) is 9.67 Å². The van der Waals surface area contributed by atoms with E-state index in [0.717, 1.165) is 31.6 Å². The Morgan fingerprint density at radius 1 is 1.24 bits per heavy atom. The zero-order chi connectivity index (χ0) is 12.8. The molecule has 2 N–H and O–H groups in total. The monoisotopic (exact) mass is 238 g/mol. The zero-order valence-corrected chi connectivity index (χ0v) is 11.6. The van der Waals surface area contributed by atoms with E-state index in [-0.39, 0.29) is 6.04 Å². The minimum atomic E-state index is 0.277. The quantitative estimate of drug-likeness (QED) is 0.792. The van der Waals surface area contributed by atoms with Crippen molar-refractivity contribution in [2.75, 3.05) is 0 Å². The fourth-order valence-electron chi connectivity index (χ4n) is 2.02. The number of hydrogen-bond acceptors (Lipinski definition) is 3.